The van der Waals surface area contributed by atoms with Gasteiger partial charge in [-0.2, -0.15) is 0 Å². The number of nitrogens with one attached hydrogen (secondary N) is 1. The number of benzene rings is 2. The molecule has 1 N–H and O–H groups in total. The van der Waals surface area contributed by atoms with E-state index in [9.17, 15) is 4.79 Å². The summed E-state index contributed by atoms with van der Waals surface area (Å²) < 4.78 is 16.7. The first-order valence-electron chi connectivity index (χ1n) is 9.70. The molecule has 152 valence electrons. The van der Waals surface area contributed by atoms with Gasteiger partial charge < -0.3 is 19.5 Å². The molecule has 0 heterocycles. The molecule has 0 aliphatic carbocycles. The molecule has 0 aromatic heterocycles. The normalized spacial score (nSPS) is 12.8. The van der Waals surface area contributed by atoms with Crippen LogP contribution in [0, 0.1) is 13.8 Å². The van der Waals surface area contributed by atoms with Crippen molar-refractivity contribution in [3.63, 3.8) is 0 Å². The van der Waals surface area contributed by atoms with Gasteiger partial charge in [-0.1, -0.05) is 32.0 Å². The Bertz CT molecular complexity index is 803. The first-order valence-corrected chi connectivity index (χ1v) is 9.70. The van der Waals surface area contributed by atoms with Gasteiger partial charge >= 0.3 is 0 Å². The Morgan fingerprint density at radius 1 is 0.964 bits per heavy atom. The number of aryl methyl sites for hydroxylation is 1. The second-order valence-corrected chi connectivity index (χ2v) is 6.80. The minimum absolute atomic E-state index is 0.120. The van der Waals surface area contributed by atoms with E-state index in [1.807, 2.05) is 64.1 Å². The summed E-state index contributed by atoms with van der Waals surface area (Å²) in [5.74, 6) is 1.94. The molecule has 0 spiro atoms. The summed E-state index contributed by atoms with van der Waals surface area (Å²) in [7, 11) is 3.21. The lowest BCUT2D eigenvalue weighted by Crippen LogP contribution is -2.40. The average Bonchev–Trinajstić information content (AvgIpc) is 2.72. The van der Waals surface area contributed by atoms with Crippen LogP contribution in [0.15, 0.2) is 36.4 Å². The van der Waals surface area contributed by atoms with E-state index in [-0.39, 0.29) is 11.9 Å². The number of amides is 1. The van der Waals surface area contributed by atoms with E-state index in [0.717, 1.165) is 28.9 Å². The zero-order chi connectivity index (χ0) is 20.7. The summed E-state index contributed by atoms with van der Waals surface area (Å²) in [6, 6.07) is 11.5. The summed E-state index contributed by atoms with van der Waals surface area (Å²) in [5, 5.41) is 3.12. The lowest BCUT2D eigenvalue weighted by molar-refractivity contribution is -0.129. The molecule has 0 aliphatic heterocycles. The van der Waals surface area contributed by atoms with Crippen LogP contribution in [0.2, 0.25) is 0 Å². The molecule has 1 amide bonds. The summed E-state index contributed by atoms with van der Waals surface area (Å²) in [6.07, 6.45) is 0.789. The van der Waals surface area contributed by atoms with Gasteiger partial charge in [0.15, 0.2) is 17.6 Å². The van der Waals surface area contributed by atoms with Crippen molar-refractivity contribution >= 4 is 5.91 Å². The zero-order valence-corrected chi connectivity index (χ0v) is 17.7. The SMILES string of the molecule is CC[C@H](Oc1cccc(C)c1C)C(=O)N[C@H](CC)c1ccc(OC)c(OC)c1. The predicted octanol–water partition coefficient (Wildman–Crippen LogP) is 4.75. The first kappa shape index (κ1) is 21.6. The van der Waals surface area contributed by atoms with Crippen molar-refractivity contribution in [1.29, 1.82) is 0 Å². The number of methoxy groups -OCH3 is 2. The monoisotopic (exact) mass is 385 g/mol. The van der Waals surface area contributed by atoms with Crippen LogP contribution in [-0.2, 0) is 4.79 Å². The van der Waals surface area contributed by atoms with Gasteiger partial charge in [-0.25, -0.2) is 0 Å². The van der Waals surface area contributed by atoms with Crippen LogP contribution in [0.5, 0.6) is 17.2 Å². The van der Waals surface area contributed by atoms with Gasteiger partial charge in [-0.05, 0) is 61.6 Å². The van der Waals surface area contributed by atoms with Crippen molar-refractivity contribution < 1.29 is 19.0 Å². The fourth-order valence-electron chi connectivity index (χ4n) is 3.08. The topological polar surface area (TPSA) is 56.8 Å². The van der Waals surface area contributed by atoms with Crippen LogP contribution in [-0.4, -0.2) is 26.2 Å². The van der Waals surface area contributed by atoms with E-state index < -0.39 is 6.10 Å². The molecular weight excluding hydrogens is 354 g/mol. The lowest BCUT2D eigenvalue weighted by Gasteiger charge is -2.24. The summed E-state index contributed by atoms with van der Waals surface area (Å²) in [6.45, 7) is 8.03. The van der Waals surface area contributed by atoms with Crippen molar-refractivity contribution in [3.05, 3.63) is 53.1 Å². The summed E-state index contributed by atoms with van der Waals surface area (Å²) in [4.78, 5) is 12.9. The van der Waals surface area contributed by atoms with Crippen molar-refractivity contribution in [1.82, 2.24) is 5.32 Å². The highest BCUT2D eigenvalue weighted by atomic mass is 16.5. The van der Waals surface area contributed by atoms with E-state index in [2.05, 4.69) is 5.32 Å². The van der Waals surface area contributed by atoms with E-state index in [1.165, 1.54) is 0 Å². The average molecular weight is 386 g/mol. The molecule has 0 fully saturated rings. The smallest absolute Gasteiger partial charge is 0.261 e. The van der Waals surface area contributed by atoms with Crippen molar-refractivity contribution in [2.24, 2.45) is 0 Å². The standard InChI is InChI=1S/C23H31NO4/c1-7-18(17-12-13-21(26-5)22(14-17)27-6)24-23(25)19(8-2)28-20-11-9-10-15(3)16(20)4/h9-14,18-19H,7-8H2,1-6H3,(H,24,25)/t18-,19+/m1/s1. The quantitative estimate of drug-likeness (QED) is 0.677. The molecule has 5 heteroatoms. The van der Waals surface area contributed by atoms with Gasteiger partial charge in [0.1, 0.15) is 5.75 Å². The Hall–Kier alpha value is -2.69. The number of ether oxygens (including phenoxy) is 3. The minimum atomic E-state index is -0.547. The van der Waals surface area contributed by atoms with Crippen LogP contribution in [0.25, 0.3) is 0 Å². The first-order chi connectivity index (χ1) is 13.4. The van der Waals surface area contributed by atoms with Gasteiger partial charge in [-0.15, -0.1) is 0 Å². The van der Waals surface area contributed by atoms with Gasteiger partial charge in [0.25, 0.3) is 5.91 Å². The van der Waals surface area contributed by atoms with Crippen LogP contribution in [0.4, 0.5) is 0 Å². The highest BCUT2D eigenvalue weighted by Crippen LogP contribution is 2.31. The van der Waals surface area contributed by atoms with Gasteiger partial charge in [0.05, 0.1) is 20.3 Å². The molecule has 28 heavy (non-hydrogen) atoms. The summed E-state index contributed by atoms with van der Waals surface area (Å²) in [5.41, 5.74) is 3.17. The molecule has 2 aromatic rings. The van der Waals surface area contributed by atoms with Gasteiger partial charge in [0, 0.05) is 0 Å². The van der Waals surface area contributed by atoms with E-state index >= 15 is 0 Å². The number of carbonyl (C=O) groups excluding carboxylic acids is 1. The Balaban J connectivity index is 2.16. The fourth-order valence-corrected chi connectivity index (χ4v) is 3.08. The number of rotatable bonds is 9. The van der Waals surface area contributed by atoms with Crippen molar-refractivity contribution in [2.75, 3.05) is 14.2 Å². The second-order valence-electron chi connectivity index (χ2n) is 6.80. The van der Waals surface area contributed by atoms with Crippen LogP contribution < -0.4 is 19.5 Å². The second kappa shape index (κ2) is 10.0. The third kappa shape index (κ3) is 4.97. The Labute approximate surface area is 168 Å². The maximum absolute atomic E-state index is 12.9. The van der Waals surface area contributed by atoms with Crippen molar-refractivity contribution in [2.45, 2.75) is 52.7 Å². The van der Waals surface area contributed by atoms with Crippen LogP contribution in [0.3, 0.4) is 0 Å². The Kier molecular flexibility index (Phi) is 7.73. The number of hydrogen-bond donors (Lipinski definition) is 1. The molecule has 0 radical (unpaired) electrons. The third-order valence-electron chi connectivity index (χ3n) is 5.02. The molecule has 0 unspecified atom stereocenters. The molecule has 0 saturated carbocycles. The maximum Gasteiger partial charge on any atom is 0.261 e. The molecule has 2 atom stereocenters. The highest BCUT2D eigenvalue weighted by molar-refractivity contribution is 5.81. The number of hydrogen-bond acceptors (Lipinski definition) is 4. The molecule has 0 saturated heterocycles. The molecule has 5 nitrogen and oxygen atoms in total. The van der Waals surface area contributed by atoms with Gasteiger partial charge in [0.2, 0.25) is 0 Å². The molecule has 0 bridgehead atoms. The zero-order valence-electron chi connectivity index (χ0n) is 17.7. The van der Waals surface area contributed by atoms with E-state index in [4.69, 9.17) is 14.2 Å². The van der Waals surface area contributed by atoms with Gasteiger partial charge in [-0.3, -0.25) is 4.79 Å². The highest BCUT2D eigenvalue weighted by Gasteiger charge is 2.23. The minimum Gasteiger partial charge on any atom is -0.493 e. The molecule has 0 aliphatic rings. The fraction of sp³-hybridized carbons (Fsp3) is 0.435. The molecule has 2 rings (SSSR count). The maximum atomic E-state index is 12.9. The third-order valence-corrected chi connectivity index (χ3v) is 5.02. The number of carbonyl (C=O) groups is 1. The molecule has 2 aromatic carbocycles. The van der Waals surface area contributed by atoms with E-state index in [1.54, 1.807) is 14.2 Å². The van der Waals surface area contributed by atoms with Crippen molar-refractivity contribution in [3.8, 4) is 17.2 Å². The largest absolute Gasteiger partial charge is 0.493 e. The van der Waals surface area contributed by atoms with Crippen LogP contribution >= 0.6 is 0 Å². The Morgan fingerprint density at radius 3 is 2.29 bits per heavy atom. The Morgan fingerprint density at radius 2 is 1.68 bits per heavy atom. The predicted molar refractivity (Wildman–Crippen MR) is 111 cm³/mol. The summed E-state index contributed by atoms with van der Waals surface area (Å²) >= 11 is 0. The molecular formula is C23H31NO4. The van der Waals surface area contributed by atoms with E-state index in [0.29, 0.717) is 17.9 Å². The lowest BCUT2D eigenvalue weighted by atomic mass is 10.0. The van der Waals surface area contributed by atoms with Crippen LogP contribution in [0.1, 0.15) is 49.4 Å².